The van der Waals surface area contributed by atoms with Crippen LogP contribution >= 0.6 is 23.2 Å². The van der Waals surface area contributed by atoms with Gasteiger partial charge in [-0.3, -0.25) is 4.79 Å². The quantitative estimate of drug-likeness (QED) is 0.621. The highest BCUT2D eigenvalue weighted by Gasteiger charge is 2.29. The summed E-state index contributed by atoms with van der Waals surface area (Å²) in [5.41, 5.74) is 1.70. The Bertz CT molecular complexity index is 990. The number of ether oxygens (including phenoxy) is 1. The van der Waals surface area contributed by atoms with Gasteiger partial charge in [0.2, 0.25) is 10.0 Å². The predicted molar refractivity (Wildman–Crippen MR) is 114 cm³/mol. The van der Waals surface area contributed by atoms with Crippen molar-refractivity contribution in [3.63, 3.8) is 0 Å². The van der Waals surface area contributed by atoms with Crippen molar-refractivity contribution in [1.29, 1.82) is 0 Å². The molecule has 0 spiro atoms. The average molecular weight is 457 g/mol. The number of benzene rings is 2. The number of sulfonamides is 1. The summed E-state index contributed by atoms with van der Waals surface area (Å²) in [6.07, 6.45) is 0.642. The molecule has 1 fully saturated rings. The zero-order chi connectivity index (χ0) is 21.0. The number of methoxy groups -OCH3 is 1. The fraction of sp³-hybridized carbons (Fsp3) is 0.350. The van der Waals surface area contributed by atoms with Gasteiger partial charge in [0, 0.05) is 38.3 Å². The molecule has 0 unspecified atom stereocenters. The second kappa shape index (κ2) is 9.34. The van der Waals surface area contributed by atoms with Crippen molar-refractivity contribution >= 4 is 44.9 Å². The number of rotatable bonds is 6. The highest BCUT2D eigenvalue weighted by Crippen LogP contribution is 2.28. The van der Waals surface area contributed by atoms with Crippen LogP contribution in [-0.4, -0.2) is 52.0 Å². The lowest BCUT2D eigenvalue weighted by molar-refractivity contribution is -0.140. The lowest BCUT2D eigenvalue weighted by atomic mass is 10.1. The number of nitrogens with zero attached hydrogens (tertiary/aromatic N) is 2. The van der Waals surface area contributed by atoms with E-state index in [2.05, 4.69) is 9.64 Å². The summed E-state index contributed by atoms with van der Waals surface area (Å²) in [5.74, 6) is -0.323. The van der Waals surface area contributed by atoms with Gasteiger partial charge in [0.25, 0.3) is 0 Å². The number of halogens is 2. The summed E-state index contributed by atoms with van der Waals surface area (Å²) in [6.45, 7) is 1.85. The molecular formula is C20H22Cl2N2O4S. The van der Waals surface area contributed by atoms with Crippen molar-refractivity contribution in [2.24, 2.45) is 0 Å². The van der Waals surface area contributed by atoms with Gasteiger partial charge in [-0.15, -0.1) is 0 Å². The molecule has 9 heteroatoms. The summed E-state index contributed by atoms with van der Waals surface area (Å²) < 4.78 is 32.2. The summed E-state index contributed by atoms with van der Waals surface area (Å²) >= 11 is 12.1. The Kier molecular flexibility index (Phi) is 7.05. The highest BCUT2D eigenvalue weighted by molar-refractivity contribution is 7.89. The first-order chi connectivity index (χ1) is 13.8. The van der Waals surface area contributed by atoms with E-state index in [0.717, 1.165) is 11.3 Å². The standard InChI is InChI=1S/C20H22Cl2N2O4S/c1-28-20(25)8-5-15-3-2-4-17(13-15)29(26,27)24-11-9-23(10-12-24)16-6-7-18(21)19(22)14-16/h2-4,6-7,13-14H,5,8-12H2,1H3. The van der Waals surface area contributed by atoms with E-state index in [-0.39, 0.29) is 17.3 Å². The van der Waals surface area contributed by atoms with Gasteiger partial charge >= 0.3 is 5.97 Å². The fourth-order valence-electron chi connectivity index (χ4n) is 3.23. The fourth-order valence-corrected chi connectivity index (χ4v) is 5.01. The molecule has 0 atom stereocenters. The van der Waals surface area contributed by atoms with E-state index in [9.17, 15) is 13.2 Å². The number of carbonyl (C=O) groups is 1. The topological polar surface area (TPSA) is 66.9 Å². The lowest BCUT2D eigenvalue weighted by Gasteiger charge is -2.35. The van der Waals surface area contributed by atoms with Gasteiger partial charge in [-0.25, -0.2) is 8.42 Å². The molecule has 0 bridgehead atoms. The summed E-state index contributed by atoms with van der Waals surface area (Å²) in [5, 5.41) is 0.965. The van der Waals surface area contributed by atoms with Crippen LogP contribution < -0.4 is 4.90 Å². The number of carbonyl (C=O) groups excluding carboxylic acids is 1. The maximum atomic E-state index is 13.1. The van der Waals surface area contributed by atoms with Crippen LogP contribution in [0, 0.1) is 0 Å². The minimum Gasteiger partial charge on any atom is -0.469 e. The molecule has 1 aliphatic heterocycles. The Morgan fingerprint density at radius 2 is 1.76 bits per heavy atom. The molecule has 0 radical (unpaired) electrons. The second-order valence-corrected chi connectivity index (χ2v) is 9.47. The van der Waals surface area contributed by atoms with Crippen molar-refractivity contribution < 1.29 is 17.9 Å². The zero-order valence-electron chi connectivity index (χ0n) is 16.0. The number of hydrogen-bond acceptors (Lipinski definition) is 5. The largest absolute Gasteiger partial charge is 0.469 e. The molecule has 1 aliphatic rings. The molecule has 3 rings (SSSR count). The van der Waals surface area contributed by atoms with Crippen LogP contribution in [0.2, 0.25) is 10.0 Å². The van der Waals surface area contributed by atoms with Crippen LogP contribution in [0.25, 0.3) is 0 Å². The van der Waals surface area contributed by atoms with Crippen LogP contribution in [0.3, 0.4) is 0 Å². The molecule has 29 heavy (non-hydrogen) atoms. The van der Waals surface area contributed by atoms with Crippen LogP contribution in [0.1, 0.15) is 12.0 Å². The number of hydrogen-bond donors (Lipinski definition) is 0. The van der Waals surface area contributed by atoms with Crippen LogP contribution in [-0.2, 0) is 26.0 Å². The third-order valence-electron chi connectivity index (χ3n) is 4.89. The molecule has 0 aliphatic carbocycles. The SMILES string of the molecule is COC(=O)CCc1cccc(S(=O)(=O)N2CCN(c3ccc(Cl)c(Cl)c3)CC2)c1. The lowest BCUT2D eigenvalue weighted by Crippen LogP contribution is -2.48. The Labute approximate surface area is 181 Å². The van der Waals surface area contributed by atoms with E-state index in [0.29, 0.717) is 42.6 Å². The van der Waals surface area contributed by atoms with Crippen LogP contribution in [0.4, 0.5) is 5.69 Å². The van der Waals surface area contributed by atoms with E-state index in [1.807, 2.05) is 12.1 Å². The number of anilines is 1. The molecule has 2 aromatic carbocycles. The summed E-state index contributed by atoms with van der Waals surface area (Å²) in [6, 6.07) is 12.1. The summed E-state index contributed by atoms with van der Waals surface area (Å²) in [7, 11) is -2.27. The molecular weight excluding hydrogens is 435 g/mol. The van der Waals surface area contributed by atoms with Crippen molar-refractivity contribution in [3.8, 4) is 0 Å². The number of aryl methyl sites for hydroxylation is 1. The van der Waals surface area contributed by atoms with E-state index < -0.39 is 10.0 Å². The molecule has 0 saturated carbocycles. The zero-order valence-corrected chi connectivity index (χ0v) is 18.3. The van der Waals surface area contributed by atoms with Gasteiger partial charge < -0.3 is 9.64 Å². The van der Waals surface area contributed by atoms with E-state index >= 15 is 0 Å². The van der Waals surface area contributed by atoms with Gasteiger partial charge in [0.1, 0.15) is 0 Å². The minimum absolute atomic E-state index is 0.211. The van der Waals surface area contributed by atoms with E-state index in [1.165, 1.54) is 11.4 Å². The first kappa shape index (κ1) is 21.9. The Hall–Kier alpha value is -1.80. The maximum Gasteiger partial charge on any atom is 0.305 e. The smallest absolute Gasteiger partial charge is 0.305 e. The van der Waals surface area contributed by atoms with Gasteiger partial charge in [0.15, 0.2) is 0 Å². The summed E-state index contributed by atoms with van der Waals surface area (Å²) in [4.78, 5) is 13.7. The van der Waals surface area contributed by atoms with Crippen molar-refractivity contribution in [3.05, 3.63) is 58.1 Å². The highest BCUT2D eigenvalue weighted by atomic mass is 35.5. The molecule has 2 aromatic rings. The number of esters is 1. The molecule has 0 amide bonds. The molecule has 6 nitrogen and oxygen atoms in total. The third kappa shape index (κ3) is 5.22. The van der Waals surface area contributed by atoms with Gasteiger partial charge in [-0.05, 0) is 42.3 Å². The van der Waals surface area contributed by atoms with Crippen LogP contribution in [0.5, 0.6) is 0 Å². The predicted octanol–water partition coefficient (Wildman–Crippen LogP) is 3.61. The van der Waals surface area contributed by atoms with E-state index in [4.69, 9.17) is 23.2 Å². The average Bonchev–Trinajstić information content (AvgIpc) is 2.74. The molecule has 1 saturated heterocycles. The number of piperazine rings is 1. The third-order valence-corrected chi connectivity index (χ3v) is 7.52. The minimum atomic E-state index is -3.61. The first-order valence-corrected chi connectivity index (χ1v) is 11.4. The van der Waals surface area contributed by atoms with Crippen molar-refractivity contribution in [2.45, 2.75) is 17.7 Å². The maximum absolute atomic E-state index is 13.1. The first-order valence-electron chi connectivity index (χ1n) is 9.17. The van der Waals surface area contributed by atoms with E-state index in [1.54, 1.807) is 30.3 Å². The molecule has 1 heterocycles. The Balaban J connectivity index is 1.68. The monoisotopic (exact) mass is 456 g/mol. The Morgan fingerprint density at radius 1 is 1.03 bits per heavy atom. The van der Waals surface area contributed by atoms with Gasteiger partial charge in [0.05, 0.1) is 22.1 Å². The molecule has 0 aromatic heterocycles. The molecule has 156 valence electrons. The Morgan fingerprint density at radius 3 is 2.41 bits per heavy atom. The van der Waals surface area contributed by atoms with Gasteiger partial charge in [-0.1, -0.05) is 35.3 Å². The molecule has 0 N–H and O–H groups in total. The normalized spacial score (nSPS) is 15.3. The van der Waals surface area contributed by atoms with Crippen molar-refractivity contribution in [2.75, 3.05) is 38.2 Å². The second-order valence-electron chi connectivity index (χ2n) is 6.71. The van der Waals surface area contributed by atoms with Crippen LogP contribution in [0.15, 0.2) is 47.4 Å². The van der Waals surface area contributed by atoms with Gasteiger partial charge in [-0.2, -0.15) is 4.31 Å². The van der Waals surface area contributed by atoms with Crippen molar-refractivity contribution in [1.82, 2.24) is 4.31 Å².